The third kappa shape index (κ3) is 29.5. The molecule has 1 amide bonds. The molecule has 3 unspecified atom stereocenters. The van der Waals surface area contributed by atoms with E-state index in [1.807, 2.05) is 6.08 Å². The third-order valence-corrected chi connectivity index (χ3v) is 8.79. The predicted molar refractivity (Wildman–Crippen MR) is 190 cm³/mol. The molecule has 5 heteroatoms. The number of hydrogen-bond donors (Lipinski definition) is 4. The first-order chi connectivity index (χ1) is 21.6. The molecule has 0 rings (SSSR count). The van der Waals surface area contributed by atoms with Gasteiger partial charge in [0.15, 0.2) is 0 Å². The van der Waals surface area contributed by atoms with Crippen molar-refractivity contribution in [2.45, 2.75) is 212 Å². The molecule has 0 fully saturated rings. The molecule has 0 aromatic carbocycles. The molecule has 0 aliphatic rings. The molecular formula is C39H75NO4. The largest absolute Gasteiger partial charge is 0.394 e. The Morgan fingerprint density at radius 1 is 0.545 bits per heavy atom. The second-order valence-electron chi connectivity index (χ2n) is 13.1. The van der Waals surface area contributed by atoms with Crippen molar-refractivity contribution in [3.8, 4) is 0 Å². The first-order valence-electron chi connectivity index (χ1n) is 19.2. The van der Waals surface area contributed by atoms with E-state index in [-0.39, 0.29) is 6.61 Å². The Kier molecular flexibility index (Phi) is 33.8. The van der Waals surface area contributed by atoms with Crippen LogP contribution in [-0.4, -0.2) is 46.1 Å². The van der Waals surface area contributed by atoms with Gasteiger partial charge in [0.2, 0.25) is 5.91 Å². The molecular weight excluding hydrogens is 546 g/mol. The number of rotatable bonds is 34. The Labute approximate surface area is 273 Å². The average Bonchev–Trinajstić information content (AvgIpc) is 3.03. The van der Waals surface area contributed by atoms with E-state index in [1.54, 1.807) is 6.08 Å². The lowest BCUT2D eigenvalue weighted by molar-refractivity contribution is -0.131. The Morgan fingerprint density at radius 3 is 1.39 bits per heavy atom. The van der Waals surface area contributed by atoms with Crippen LogP contribution in [0.25, 0.3) is 0 Å². The Hall–Kier alpha value is -1.17. The van der Waals surface area contributed by atoms with Crippen LogP contribution >= 0.6 is 0 Å². The van der Waals surface area contributed by atoms with Gasteiger partial charge in [-0.15, -0.1) is 0 Å². The predicted octanol–water partition coefficient (Wildman–Crippen LogP) is 10.3. The molecule has 0 saturated carbocycles. The van der Waals surface area contributed by atoms with Crippen LogP contribution in [-0.2, 0) is 4.79 Å². The molecule has 0 bridgehead atoms. The number of unbranched alkanes of at least 4 members (excludes halogenated alkanes) is 24. The van der Waals surface area contributed by atoms with Crippen molar-refractivity contribution in [3.63, 3.8) is 0 Å². The van der Waals surface area contributed by atoms with Crippen LogP contribution in [0.4, 0.5) is 0 Å². The van der Waals surface area contributed by atoms with Crippen LogP contribution in [0.5, 0.6) is 0 Å². The van der Waals surface area contributed by atoms with Crippen LogP contribution in [0.15, 0.2) is 24.3 Å². The minimum absolute atomic E-state index is 0.366. The fraction of sp³-hybridized carbons (Fsp3) is 0.872. The molecule has 44 heavy (non-hydrogen) atoms. The zero-order valence-corrected chi connectivity index (χ0v) is 29.3. The van der Waals surface area contributed by atoms with Gasteiger partial charge >= 0.3 is 0 Å². The summed E-state index contributed by atoms with van der Waals surface area (Å²) in [5, 5.41) is 32.9. The maximum atomic E-state index is 12.3. The second-order valence-corrected chi connectivity index (χ2v) is 13.1. The number of nitrogens with one attached hydrogen (secondary N) is 1. The van der Waals surface area contributed by atoms with E-state index in [9.17, 15) is 20.1 Å². The first kappa shape index (κ1) is 42.8. The van der Waals surface area contributed by atoms with Crippen LogP contribution in [0, 0.1) is 0 Å². The van der Waals surface area contributed by atoms with E-state index in [2.05, 4.69) is 31.3 Å². The van der Waals surface area contributed by atoms with Gasteiger partial charge in [-0.3, -0.25) is 4.79 Å². The standard InChI is InChI=1S/C39H75NO4/c1-3-5-7-9-11-13-15-16-17-18-19-20-21-22-23-24-26-27-29-31-33-37(42)36(35-41)40-39(44)38(43)34-32-30-28-25-14-12-10-8-6-4-2/h10,12,31,33,36-38,41-43H,3-9,11,13-30,32,34-35H2,1-2H3,(H,40,44)/b12-10-,33-31+. The maximum absolute atomic E-state index is 12.3. The lowest BCUT2D eigenvalue weighted by Gasteiger charge is -2.21. The number of carbonyl (C=O) groups excluding carboxylic acids is 1. The number of aliphatic hydroxyl groups excluding tert-OH is 3. The van der Waals surface area contributed by atoms with Crippen molar-refractivity contribution >= 4 is 5.91 Å². The summed E-state index contributed by atoms with van der Waals surface area (Å²) < 4.78 is 0. The van der Waals surface area contributed by atoms with E-state index in [0.29, 0.717) is 6.42 Å². The van der Waals surface area contributed by atoms with Crippen molar-refractivity contribution in [2.24, 2.45) is 0 Å². The number of amides is 1. The van der Waals surface area contributed by atoms with Gasteiger partial charge in [0, 0.05) is 0 Å². The van der Waals surface area contributed by atoms with Crippen LogP contribution in [0.1, 0.15) is 194 Å². The minimum Gasteiger partial charge on any atom is -0.394 e. The molecule has 3 atom stereocenters. The van der Waals surface area contributed by atoms with Gasteiger partial charge in [0.1, 0.15) is 6.10 Å². The molecule has 0 spiro atoms. The molecule has 0 aliphatic heterocycles. The van der Waals surface area contributed by atoms with Gasteiger partial charge in [-0.05, 0) is 38.5 Å². The molecule has 0 heterocycles. The van der Waals surface area contributed by atoms with Crippen molar-refractivity contribution < 1.29 is 20.1 Å². The average molecular weight is 622 g/mol. The van der Waals surface area contributed by atoms with Crippen LogP contribution in [0.3, 0.4) is 0 Å². The molecule has 0 aromatic heterocycles. The number of hydrogen-bond acceptors (Lipinski definition) is 4. The van der Waals surface area contributed by atoms with Gasteiger partial charge in [0.05, 0.1) is 18.8 Å². The topological polar surface area (TPSA) is 89.8 Å². The highest BCUT2D eigenvalue weighted by Gasteiger charge is 2.22. The quantitative estimate of drug-likeness (QED) is 0.0425. The Bertz CT molecular complexity index is 650. The first-order valence-corrected chi connectivity index (χ1v) is 19.2. The van der Waals surface area contributed by atoms with Gasteiger partial charge in [-0.2, -0.15) is 0 Å². The van der Waals surface area contributed by atoms with Crippen molar-refractivity contribution in [1.82, 2.24) is 5.32 Å². The van der Waals surface area contributed by atoms with E-state index in [4.69, 9.17) is 0 Å². The molecule has 0 saturated heterocycles. The maximum Gasteiger partial charge on any atom is 0.249 e. The van der Waals surface area contributed by atoms with Crippen molar-refractivity contribution in [3.05, 3.63) is 24.3 Å². The molecule has 0 radical (unpaired) electrons. The molecule has 0 aromatic rings. The second kappa shape index (κ2) is 34.7. The summed E-state index contributed by atoms with van der Waals surface area (Å²) in [5.74, 6) is -0.515. The zero-order valence-electron chi connectivity index (χ0n) is 29.3. The summed E-state index contributed by atoms with van der Waals surface area (Å²) in [6.07, 6.45) is 40.6. The molecule has 260 valence electrons. The highest BCUT2D eigenvalue weighted by molar-refractivity contribution is 5.80. The Morgan fingerprint density at radius 2 is 0.932 bits per heavy atom. The molecule has 5 nitrogen and oxygen atoms in total. The Balaban J connectivity index is 3.68. The summed E-state index contributed by atoms with van der Waals surface area (Å²) in [4.78, 5) is 12.3. The third-order valence-electron chi connectivity index (χ3n) is 8.79. The van der Waals surface area contributed by atoms with Gasteiger partial charge < -0.3 is 20.6 Å². The summed E-state index contributed by atoms with van der Waals surface area (Å²) in [5.41, 5.74) is 0. The van der Waals surface area contributed by atoms with Crippen molar-refractivity contribution in [2.75, 3.05) is 6.61 Å². The van der Waals surface area contributed by atoms with E-state index < -0.39 is 24.2 Å². The fourth-order valence-corrected chi connectivity index (χ4v) is 5.69. The summed E-state index contributed by atoms with van der Waals surface area (Å²) in [6, 6.07) is -0.798. The number of allylic oxidation sites excluding steroid dienone is 3. The fourth-order valence-electron chi connectivity index (χ4n) is 5.69. The highest BCUT2D eigenvalue weighted by atomic mass is 16.3. The van der Waals surface area contributed by atoms with Crippen LogP contribution < -0.4 is 5.32 Å². The minimum atomic E-state index is -1.10. The zero-order chi connectivity index (χ0) is 32.4. The van der Waals surface area contributed by atoms with Gasteiger partial charge in [-0.1, -0.05) is 179 Å². The summed E-state index contributed by atoms with van der Waals surface area (Å²) in [7, 11) is 0. The van der Waals surface area contributed by atoms with E-state index >= 15 is 0 Å². The monoisotopic (exact) mass is 622 g/mol. The van der Waals surface area contributed by atoms with Crippen molar-refractivity contribution in [1.29, 1.82) is 0 Å². The normalized spacial score (nSPS) is 14.0. The summed E-state index contributed by atoms with van der Waals surface area (Å²) in [6.45, 7) is 4.12. The SMILES string of the molecule is CCCC/C=C\CCCCCCC(O)C(=O)NC(CO)C(O)/C=C/CCCCCCCCCCCCCCCCCCCC. The van der Waals surface area contributed by atoms with E-state index in [0.717, 1.165) is 51.4 Å². The number of aliphatic hydroxyl groups is 3. The van der Waals surface area contributed by atoms with Gasteiger partial charge in [-0.25, -0.2) is 0 Å². The number of carbonyl (C=O) groups is 1. The lowest BCUT2D eigenvalue weighted by atomic mass is 10.0. The summed E-state index contributed by atoms with van der Waals surface area (Å²) >= 11 is 0. The highest BCUT2D eigenvalue weighted by Crippen LogP contribution is 2.15. The smallest absolute Gasteiger partial charge is 0.249 e. The lowest BCUT2D eigenvalue weighted by Crippen LogP contribution is -2.48. The molecule has 0 aliphatic carbocycles. The van der Waals surface area contributed by atoms with Gasteiger partial charge in [0.25, 0.3) is 0 Å². The molecule has 4 N–H and O–H groups in total. The van der Waals surface area contributed by atoms with E-state index in [1.165, 1.54) is 122 Å². The van der Waals surface area contributed by atoms with Crippen LogP contribution in [0.2, 0.25) is 0 Å².